The number of hydrogen-bond acceptors (Lipinski definition) is 2. The van der Waals surface area contributed by atoms with E-state index < -0.39 is 23.8 Å². The Morgan fingerprint density at radius 2 is 1.33 bits per heavy atom. The fraction of sp³-hybridized carbons (Fsp3) is 0.818. The Kier molecular flexibility index (Phi) is 1.91. The van der Waals surface area contributed by atoms with Gasteiger partial charge in [0.05, 0.1) is 11.8 Å². The molecule has 2 aliphatic carbocycles. The molecule has 0 aromatic heterocycles. The molecule has 0 heterocycles. The van der Waals surface area contributed by atoms with Crippen molar-refractivity contribution in [2.75, 3.05) is 0 Å². The summed E-state index contributed by atoms with van der Waals surface area (Å²) in [5.41, 5.74) is -0.632. The number of rotatable bonds is 2. The van der Waals surface area contributed by atoms with Crippen LogP contribution in [-0.2, 0) is 9.59 Å². The van der Waals surface area contributed by atoms with Gasteiger partial charge in [0.15, 0.2) is 0 Å². The molecule has 0 aliphatic heterocycles. The summed E-state index contributed by atoms with van der Waals surface area (Å²) in [5, 5.41) is 18.3. The van der Waals surface area contributed by atoms with Crippen LogP contribution in [0.5, 0.6) is 0 Å². The van der Waals surface area contributed by atoms with E-state index in [1.54, 1.807) is 0 Å². The van der Waals surface area contributed by atoms with Gasteiger partial charge in [-0.15, -0.1) is 0 Å². The van der Waals surface area contributed by atoms with Gasteiger partial charge in [-0.2, -0.15) is 0 Å². The first kappa shape index (κ1) is 10.5. The Morgan fingerprint density at radius 3 is 1.60 bits per heavy atom. The van der Waals surface area contributed by atoms with Crippen molar-refractivity contribution in [3.63, 3.8) is 0 Å². The van der Waals surface area contributed by atoms with Crippen LogP contribution in [0.4, 0.5) is 0 Å². The summed E-state index contributed by atoms with van der Waals surface area (Å²) >= 11 is 0. The first-order chi connectivity index (χ1) is 6.80. The normalized spacial score (nSPS) is 48.1. The molecule has 4 nitrogen and oxygen atoms in total. The number of carboxylic acid groups (broad SMARTS) is 2. The minimum Gasteiger partial charge on any atom is -0.481 e. The highest BCUT2D eigenvalue weighted by atomic mass is 16.4. The lowest BCUT2D eigenvalue weighted by Gasteiger charge is -2.35. The van der Waals surface area contributed by atoms with E-state index in [2.05, 4.69) is 0 Å². The van der Waals surface area contributed by atoms with Gasteiger partial charge < -0.3 is 10.2 Å². The molecule has 2 rings (SSSR count). The van der Waals surface area contributed by atoms with Crippen LogP contribution in [0.2, 0.25) is 0 Å². The van der Waals surface area contributed by atoms with Gasteiger partial charge in [0.25, 0.3) is 0 Å². The standard InChI is InChI=1S/C11H16O4/c1-10-3-4-11(2,5-10)7(9(14)15)6(10)8(12)13/h6-7H,3-5H2,1-2H3,(H,12,13)(H,14,15)/t6?,7?,10-,11+. The van der Waals surface area contributed by atoms with Gasteiger partial charge in [0.2, 0.25) is 0 Å². The third kappa shape index (κ3) is 1.20. The molecule has 2 fully saturated rings. The van der Waals surface area contributed by atoms with Crippen molar-refractivity contribution in [2.24, 2.45) is 22.7 Å². The molecule has 0 radical (unpaired) electrons. The van der Waals surface area contributed by atoms with E-state index in [0.29, 0.717) is 0 Å². The molecular weight excluding hydrogens is 196 g/mol. The Labute approximate surface area is 88.3 Å². The Hall–Kier alpha value is -1.06. The first-order valence-corrected chi connectivity index (χ1v) is 5.26. The van der Waals surface area contributed by atoms with E-state index in [0.717, 1.165) is 19.3 Å². The van der Waals surface area contributed by atoms with Crippen LogP contribution in [0.1, 0.15) is 33.1 Å². The molecule has 0 amide bonds. The molecule has 0 saturated heterocycles. The van der Waals surface area contributed by atoms with Gasteiger partial charge in [0.1, 0.15) is 0 Å². The Bertz CT molecular complexity index is 305. The van der Waals surface area contributed by atoms with Crippen molar-refractivity contribution >= 4 is 11.9 Å². The fourth-order valence-corrected chi connectivity index (χ4v) is 3.89. The van der Waals surface area contributed by atoms with Gasteiger partial charge in [-0.3, -0.25) is 9.59 Å². The SMILES string of the molecule is C[C@]12CC[C@](C)(C1)C(C(=O)O)C2C(=O)O. The maximum absolute atomic E-state index is 11.2. The summed E-state index contributed by atoms with van der Waals surface area (Å²) in [5.74, 6) is -3.33. The lowest BCUT2D eigenvalue weighted by molar-refractivity contribution is -0.160. The van der Waals surface area contributed by atoms with Gasteiger partial charge in [-0.05, 0) is 30.1 Å². The van der Waals surface area contributed by atoms with Crippen molar-refractivity contribution in [2.45, 2.75) is 33.1 Å². The van der Waals surface area contributed by atoms with E-state index in [9.17, 15) is 19.8 Å². The minimum atomic E-state index is -0.951. The van der Waals surface area contributed by atoms with E-state index in [4.69, 9.17) is 0 Å². The molecule has 0 aromatic rings. The fourth-order valence-electron chi connectivity index (χ4n) is 3.89. The van der Waals surface area contributed by atoms with Crippen LogP contribution < -0.4 is 0 Å². The molecule has 2 unspecified atom stereocenters. The quantitative estimate of drug-likeness (QED) is 0.729. The summed E-state index contributed by atoms with van der Waals surface area (Å²) in [7, 11) is 0. The van der Waals surface area contributed by atoms with Crippen LogP contribution in [0.3, 0.4) is 0 Å². The van der Waals surface area contributed by atoms with E-state index in [1.807, 2.05) is 13.8 Å². The largest absolute Gasteiger partial charge is 0.481 e. The number of hydrogen-bond donors (Lipinski definition) is 2. The smallest absolute Gasteiger partial charge is 0.307 e. The zero-order chi connectivity index (χ0) is 11.4. The van der Waals surface area contributed by atoms with E-state index >= 15 is 0 Å². The van der Waals surface area contributed by atoms with Gasteiger partial charge >= 0.3 is 11.9 Å². The summed E-state index contributed by atoms with van der Waals surface area (Å²) < 4.78 is 0. The van der Waals surface area contributed by atoms with Crippen LogP contribution in [0, 0.1) is 22.7 Å². The topological polar surface area (TPSA) is 74.6 Å². The highest BCUT2D eigenvalue weighted by Crippen LogP contribution is 2.66. The van der Waals surface area contributed by atoms with E-state index in [1.165, 1.54) is 0 Å². The average Bonchev–Trinajstić information content (AvgIpc) is 2.49. The molecule has 2 saturated carbocycles. The second-order valence-corrected chi connectivity index (χ2v) is 5.62. The predicted octanol–water partition coefficient (Wildman–Crippen LogP) is 1.60. The second kappa shape index (κ2) is 2.74. The third-order valence-electron chi connectivity index (χ3n) is 4.44. The maximum Gasteiger partial charge on any atom is 0.307 e. The lowest BCUT2D eigenvalue weighted by atomic mass is 9.68. The van der Waals surface area contributed by atoms with Crippen molar-refractivity contribution in [3.8, 4) is 0 Å². The van der Waals surface area contributed by atoms with Crippen molar-refractivity contribution in [3.05, 3.63) is 0 Å². The highest BCUT2D eigenvalue weighted by molar-refractivity contribution is 5.82. The first-order valence-electron chi connectivity index (χ1n) is 5.26. The Morgan fingerprint density at radius 1 is 1.00 bits per heavy atom. The zero-order valence-electron chi connectivity index (χ0n) is 8.99. The summed E-state index contributed by atoms with van der Waals surface area (Å²) in [6, 6.07) is 0. The Balaban J connectivity index is 2.45. The number of aliphatic carboxylic acids is 2. The number of fused-ring (bicyclic) bond motifs is 2. The predicted molar refractivity (Wildman–Crippen MR) is 52.3 cm³/mol. The van der Waals surface area contributed by atoms with Gasteiger partial charge in [-0.1, -0.05) is 13.8 Å². The molecule has 4 heteroatoms. The molecule has 15 heavy (non-hydrogen) atoms. The average molecular weight is 212 g/mol. The van der Waals surface area contributed by atoms with Crippen LogP contribution in [-0.4, -0.2) is 22.2 Å². The molecule has 0 aromatic carbocycles. The second-order valence-electron chi connectivity index (χ2n) is 5.62. The minimum absolute atomic E-state index is 0.316. The van der Waals surface area contributed by atoms with E-state index in [-0.39, 0.29) is 10.8 Å². The molecule has 2 aliphatic rings. The van der Waals surface area contributed by atoms with Crippen LogP contribution in [0.25, 0.3) is 0 Å². The maximum atomic E-state index is 11.2. The number of carboxylic acids is 2. The summed E-state index contributed by atoms with van der Waals surface area (Å²) in [6.07, 6.45) is 2.41. The van der Waals surface area contributed by atoms with Gasteiger partial charge in [-0.25, -0.2) is 0 Å². The molecule has 84 valence electrons. The van der Waals surface area contributed by atoms with Crippen molar-refractivity contribution in [1.29, 1.82) is 0 Å². The summed E-state index contributed by atoms with van der Waals surface area (Å²) in [6.45, 7) is 3.83. The van der Waals surface area contributed by atoms with Crippen molar-refractivity contribution < 1.29 is 19.8 Å². The highest BCUT2D eigenvalue weighted by Gasteiger charge is 2.66. The van der Waals surface area contributed by atoms with Gasteiger partial charge in [0, 0.05) is 0 Å². The molecule has 4 atom stereocenters. The molecular formula is C11H16O4. The van der Waals surface area contributed by atoms with Crippen LogP contribution >= 0.6 is 0 Å². The molecule has 2 N–H and O–H groups in total. The monoisotopic (exact) mass is 212 g/mol. The lowest BCUT2D eigenvalue weighted by Crippen LogP contribution is -2.41. The zero-order valence-corrected chi connectivity index (χ0v) is 8.99. The molecule has 0 spiro atoms. The van der Waals surface area contributed by atoms with Crippen molar-refractivity contribution in [1.82, 2.24) is 0 Å². The molecule has 2 bridgehead atoms. The summed E-state index contributed by atoms with van der Waals surface area (Å²) in [4.78, 5) is 22.4. The number of carbonyl (C=O) groups is 2. The van der Waals surface area contributed by atoms with Crippen LogP contribution in [0.15, 0.2) is 0 Å². The third-order valence-corrected chi connectivity index (χ3v) is 4.44.